The monoisotopic (exact) mass is 345 g/mol. The number of hydrogen-bond acceptors (Lipinski definition) is 7. The second-order valence-electron chi connectivity index (χ2n) is 5.62. The fourth-order valence-corrected chi connectivity index (χ4v) is 4.01. The highest BCUT2D eigenvalue weighted by molar-refractivity contribution is 7.92. The zero-order chi connectivity index (χ0) is 17.1. The summed E-state index contributed by atoms with van der Waals surface area (Å²) in [7, 11) is -3.38. The Morgan fingerprint density at radius 3 is 2.75 bits per heavy atom. The summed E-state index contributed by atoms with van der Waals surface area (Å²) >= 11 is 0. The average Bonchev–Trinajstić information content (AvgIpc) is 3.09. The quantitative estimate of drug-likeness (QED) is 0.682. The number of fused-ring (bicyclic) bond motifs is 2. The molecule has 4 N–H and O–H groups in total. The van der Waals surface area contributed by atoms with Crippen LogP contribution in [0.15, 0.2) is 24.5 Å². The molecule has 3 heterocycles. The highest BCUT2D eigenvalue weighted by Gasteiger charge is 2.29. The standard InChI is InChI=1S/C14H15N7O2S/c1-24(22,23)21-6-5-8-3-2-4-9(11(8)21)20-7-17-10-12(15)18-14(16)19-13(10)20/h2-4,7H,5-6H2,1H3,(H4,15,16,18,19). The number of hydrogen-bond donors (Lipinski definition) is 2. The van der Waals surface area contributed by atoms with E-state index in [4.69, 9.17) is 11.5 Å². The van der Waals surface area contributed by atoms with Crippen LogP contribution in [0.2, 0.25) is 0 Å². The normalized spacial score (nSPS) is 14.3. The van der Waals surface area contributed by atoms with Gasteiger partial charge >= 0.3 is 0 Å². The molecule has 1 aromatic carbocycles. The maximum absolute atomic E-state index is 12.1. The van der Waals surface area contributed by atoms with Crippen LogP contribution in [-0.2, 0) is 16.4 Å². The largest absolute Gasteiger partial charge is 0.382 e. The molecule has 10 heteroatoms. The van der Waals surface area contributed by atoms with Crippen LogP contribution in [0.3, 0.4) is 0 Å². The zero-order valence-electron chi connectivity index (χ0n) is 12.8. The van der Waals surface area contributed by atoms with Crippen LogP contribution < -0.4 is 15.8 Å². The Bertz CT molecular complexity index is 1070. The van der Waals surface area contributed by atoms with Crippen molar-refractivity contribution in [3.63, 3.8) is 0 Å². The van der Waals surface area contributed by atoms with Gasteiger partial charge in [-0.3, -0.25) is 8.87 Å². The Balaban J connectivity index is 2.02. The van der Waals surface area contributed by atoms with Crippen molar-refractivity contribution in [3.05, 3.63) is 30.1 Å². The van der Waals surface area contributed by atoms with E-state index in [1.807, 2.05) is 18.2 Å². The van der Waals surface area contributed by atoms with Crippen LogP contribution in [0.5, 0.6) is 0 Å². The third-order valence-electron chi connectivity index (χ3n) is 4.03. The summed E-state index contributed by atoms with van der Waals surface area (Å²) in [5.74, 6) is 0.220. The van der Waals surface area contributed by atoms with Gasteiger partial charge in [0, 0.05) is 6.54 Å². The molecule has 0 amide bonds. The Morgan fingerprint density at radius 1 is 1.21 bits per heavy atom. The zero-order valence-corrected chi connectivity index (χ0v) is 13.7. The van der Waals surface area contributed by atoms with E-state index in [0.717, 1.165) is 5.56 Å². The molecule has 0 saturated heterocycles. The average molecular weight is 345 g/mol. The molecule has 0 aliphatic carbocycles. The lowest BCUT2D eigenvalue weighted by Crippen LogP contribution is -2.28. The van der Waals surface area contributed by atoms with Crippen molar-refractivity contribution < 1.29 is 8.42 Å². The number of anilines is 3. The van der Waals surface area contributed by atoms with Gasteiger partial charge in [-0.2, -0.15) is 9.97 Å². The van der Waals surface area contributed by atoms with Gasteiger partial charge in [0.1, 0.15) is 6.33 Å². The number of para-hydroxylation sites is 1. The van der Waals surface area contributed by atoms with Crippen molar-refractivity contribution in [1.29, 1.82) is 0 Å². The van der Waals surface area contributed by atoms with Crippen molar-refractivity contribution in [2.45, 2.75) is 6.42 Å². The first-order chi connectivity index (χ1) is 11.4. The topological polar surface area (TPSA) is 133 Å². The first kappa shape index (κ1) is 14.7. The van der Waals surface area contributed by atoms with Gasteiger partial charge < -0.3 is 11.5 Å². The van der Waals surface area contributed by atoms with Gasteiger partial charge in [-0.05, 0) is 18.1 Å². The smallest absolute Gasteiger partial charge is 0.232 e. The molecule has 0 saturated carbocycles. The first-order valence-corrected chi connectivity index (χ1v) is 9.07. The Kier molecular flexibility index (Phi) is 2.94. The summed E-state index contributed by atoms with van der Waals surface area (Å²) in [6, 6.07) is 5.61. The predicted molar refractivity (Wildman–Crippen MR) is 91.4 cm³/mol. The Labute approximate surface area is 138 Å². The molecule has 0 fully saturated rings. The first-order valence-electron chi connectivity index (χ1n) is 7.22. The number of benzene rings is 1. The Hall–Kier alpha value is -2.88. The molecule has 2 aromatic heterocycles. The lowest BCUT2D eigenvalue weighted by Gasteiger charge is -2.20. The molecule has 4 rings (SSSR count). The minimum atomic E-state index is -3.38. The molecule has 24 heavy (non-hydrogen) atoms. The number of rotatable bonds is 2. The molecule has 0 radical (unpaired) electrons. The lowest BCUT2D eigenvalue weighted by molar-refractivity contribution is 0.598. The third-order valence-corrected chi connectivity index (χ3v) is 5.20. The van der Waals surface area contributed by atoms with Crippen molar-refractivity contribution in [2.75, 3.05) is 28.6 Å². The number of nitrogen functional groups attached to an aromatic ring is 2. The fourth-order valence-electron chi connectivity index (χ4n) is 3.04. The van der Waals surface area contributed by atoms with Gasteiger partial charge in [0.25, 0.3) is 0 Å². The van der Waals surface area contributed by atoms with E-state index in [0.29, 0.717) is 35.5 Å². The summed E-state index contributed by atoms with van der Waals surface area (Å²) in [6.07, 6.45) is 3.40. The second-order valence-corrected chi connectivity index (χ2v) is 7.53. The molecular weight excluding hydrogens is 330 g/mol. The summed E-state index contributed by atoms with van der Waals surface area (Å²) in [5, 5.41) is 0. The molecule has 1 aliphatic rings. The van der Waals surface area contributed by atoms with Gasteiger partial charge in [-0.15, -0.1) is 0 Å². The van der Waals surface area contributed by atoms with Gasteiger partial charge in [0.05, 0.1) is 17.6 Å². The van der Waals surface area contributed by atoms with E-state index in [9.17, 15) is 8.42 Å². The highest BCUT2D eigenvalue weighted by Crippen LogP contribution is 2.37. The third kappa shape index (κ3) is 2.07. The molecule has 9 nitrogen and oxygen atoms in total. The number of imidazole rings is 1. The van der Waals surface area contributed by atoms with Crippen LogP contribution in [0.25, 0.3) is 16.9 Å². The minimum absolute atomic E-state index is 0.0364. The van der Waals surface area contributed by atoms with Crippen molar-refractivity contribution in [3.8, 4) is 5.69 Å². The summed E-state index contributed by atoms with van der Waals surface area (Å²) < 4.78 is 27.3. The summed E-state index contributed by atoms with van der Waals surface area (Å²) in [6.45, 7) is 0.414. The van der Waals surface area contributed by atoms with Gasteiger partial charge in [0.15, 0.2) is 17.0 Å². The number of sulfonamides is 1. The van der Waals surface area contributed by atoms with Crippen LogP contribution >= 0.6 is 0 Å². The predicted octanol–water partition coefficient (Wildman–Crippen LogP) is 0.302. The van der Waals surface area contributed by atoms with Crippen molar-refractivity contribution in [1.82, 2.24) is 19.5 Å². The van der Waals surface area contributed by atoms with E-state index < -0.39 is 10.0 Å². The van der Waals surface area contributed by atoms with Crippen LogP contribution in [0.4, 0.5) is 17.5 Å². The molecule has 0 spiro atoms. The van der Waals surface area contributed by atoms with E-state index in [2.05, 4.69) is 15.0 Å². The molecule has 3 aromatic rings. The summed E-state index contributed by atoms with van der Waals surface area (Å²) in [4.78, 5) is 12.3. The van der Waals surface area contributed by atoms with Gasteiger partial charge in [0.2, 0.25) is 16.0 Å². The number of aromatic nitrogens is 4. The maximum Gasteiger partial charge on any atom is 0.232 e. The number of nitrogens with zero attached hydrogens (tertiary/aromatic N) is 5. The highest BCUT2D eigenvalue weighted by atomic mass is 32.2. The fraction of sp³-hybridized carbons (Fsp3) is 0.214. The van der Waals surface area contributed by atoms with Crippen molar-refractivity contribution >= 4 is 38.6 Å². The SMILES string of the molecule is CS(=O)(=O)N1CCc2cccc(-n3cnc4c(N)nc(N)nc43)c21. The molecular formula is C14H15N7O2S. The van der Waals surface area contributed by atoms with E-state index in [1.54, 1.807) is 10.9 Å². The van der Waals surface area contributed by atoms with E-state index >= 15 is 0 Å². The Morgan fingerprint density at radius 2 is 2.00 bits per heavy atom. The lowest BCUT2D eigenvalue weighted by atomic mass is 10.1. The van der Waals surface area contributed by atoms with E-state index in [-0.39, 0.29) is 11.8 Å². The molecule has 0 bridgehead atoms. The van der Waals surface area contributed by atoms with Gasteiger partial charge in [-0.1, -0.05) is 12.1 Å². The maximum atomic E-state index is 12.1. The minimum Gasteiger partial charge on any atom is -0.382 e. The van der Waals surface area contributed by atoms with Gasteiger partial charge in [-0.25, -0.2) is 13.4 Å². The van der Waals surface area contributed by atoms with Crippen LogP contribution in [0, 0.1) is 0 Å². The summed E-state index contributed by atoms with van der Waals surface area (Å²) in [5.41, 5.74) is 14.6. The second kappa shape index (κ2) is 4.81. The molecule has 0 unspecified atom stereocenters. The van der Waals surface area contributed by atoms with Crippen LogP contribution in [0.1, 0.15) is 5.56 Å². The van der Waals surface area contributed by atoms with E-state index in [1.165, 1.54) is 10.6 Å². The molecule has 0 atom stereocenters. The molecule has 124 valence electrons. The van der Waals surface area contributed by atoms with Crippen molar-refractivity contribution in [2.24, 2.45) is 0 Å². The number of nitrogens with two attached hydrogens (primary N) is 2. The molecule has 1 aliphatic heterocycles. The van der Waals surface area contributed by atoms with Crippen LogP contribution in [-0.4, -0.2) is 40.7 Å².